The van der Waals surface area contributed by atoms with Gasteiger partial charge in [-0.25, -0.2) is 4.79 Å². The zero-order valence-corrected chi connectivity index (χ0v) is 20.7. The number of rotatable bonds is 10. The number of nitrogens with one attached hydrogen (secondary N) is 1. The summed E-state index contributed by atoms with van der Waals surface area (Å²) >= 11 is 6.20. The molecule has 0 saturated heterocycles. The monoisotopic (exact) mass is 504 g/mol. The molecule has 1 N–H and O–H groups in total. The number of esters is 1. The second kappa shape index (κ2) is 13.0. The molecule has 7 nitrogen and oxygen atoms in total. The van der Waals surface area contributed by atoms with Gasteiger partial charge in [-0.15, -0.1) is 0 Å². The summed E-state index contributed by atoms with van der Waals surface area (Å²) in [6.07, 6.45) is 1.46. The topological polar surface area (TPSA) is 97.7 Å². The molecule has 0 radical (unpaired) electrons. The van der Waals surface area contributed by atoms with Crippen LogP contribution in [0.25, 0.3) is 6.08 Å². The second-order valence-corrected chi connectivity index (χ2v) is 7.85. The van der Waals surface area contributed by atoms with Crippen molar-refractivity contribution in [1.82, 2.24) is 0 Å². The highest BCUT2D eigenvalue weighted by molar-refractivity contribution is 6.31. The van der Waals surface area contributed by atoms with E-state index in [9.17, 15) is 14.9 Å². The number of carbonyl (C=O) groups is 2. The van der Waals surface area contributed by atoms with Gasteiger partial charge in [0.05, 0.1) is 18.8 Å². The van der Waals surface area contributed by atoms with Gasteiger partial charge >= 0.3 is 5.97 Å². The zero-order valence-electron chi connectivity index (χ0n) is 19.9. The highest BCUT2D eigenvalue weighted by Gasteiger charge is 2.13. The van der Waals surface area contributed by atoms with Crippen molar-refractivity contribution in [2.24, 2.45) is 0 Å². The van der Waals surface area contributed by atoms with Crippen LogP contribution in [0.1, 0.15) is 35.3 Å². The summed E-state index contributed by atoms with van der Waals surface area (Å²) < 4.78 is 16.6. The molecule has 0 heterocycles. The maximum Gasteiger partial charge on any atom is 0.338 e. The quantitative estimate of drug-likeness (QED) is 0.205. The minimum atomic E-state index is -0.585. The number of ether oxygens (including phenoxy) is 3. The highest BCUT2D eigenvalue weighted by Crippen LogP contribution is 2.31. The molecule has 0 aliphatic carbocycles. The van der Waals surface area contributed by atoms with Crippen molar-refractivity contribution in [3.05, 3.63) is 94.0 Å². The molecule has 0 aliphatic heterocycles. The number of carbonyl (C=O) groups excluding carboxylic acids is 2. The first-order valence-corrected chi connectivity index (χ1v) is 11.7. The summed E-state index contributed by atoms with van der Waals surface area (Å²) in [5.41, 5.74) is 2.13. The molecule has 3 rings (SSSR count). The lowest BCUT2D eigenvalue weighted by Gasteiger charge is -2.13. The normalized spacial score (nSPS) is 10.8. The minimum absolute atomic E-state index is 0.100. The molecule has 1 amide bonds. The highest BCUT2D eigenvalue weighted by atomic mass is 35.5. The maximum absolute atomic E-state index is 12.7. The number of amides is 1. The number of benzene rings is 3. The molecule has 184 valence electrons. The number of nitrogens with zero attached hydrogens (tertiary/aromatic N) is 1. The first-order valence-electron chi connectivity index (χ1n) is 11.3. The summed E-state index contributed by atoms with van der Waals surface area (Å²) in [4.78, 5) is 24.5. The standard InChI is InChI=1S/C28H25ClN2O5/c1-3-34-26-16-19(9-14-25(26)36-18-21-7-5-6-8-24(21)29)15-22(17-30)27(32)31-23-12-10-20(11-13-23)28(33)35-4-2/h5-16H,3-4,18H2,1-2H3,(H,31,32)/b22-15+. The van der Waals surface area contributed by atoms with E-state index in [0.29, 0.717) is 39.9 Å². The molecule has 0 bridgehead atoms. The van der Waals surface area contributed by atoms with Crippen LogP contribution in [0.4, 0.5) is 5.69 Å². The molecule has 3 aromatic carbocycles. The lowest BCUT2D eigenvalue weighted by molar-refractivity contribution is -0.112. The molecule has 0 atom stereocenters. The first kappa shape index (κ1) is 26.3. The van der Waals surface area contributed by atoms with Crippen LogP contribution in [0, 0.1) is 11.3 Å². The fourth-order valence-electron chi connectivity index (χ4n) is 3.19. The van der Waals surface area contributed by atoms with Crippen molar-refractivity contribution >= 4 is 35.2 Å². The van der Waals surface area contributed by atoms with Gasteiger partial charge in [0.1, 0.15) is 18.2 Å². The Balaban J connectivity index is 1.74. The molecule has 3 aromatic rings. The van der Waals surface area contributed by atoms with Crippen LogP contribution in [0.15, 0.2) is 72.3 Å². The fourth-order valence-corrected chi connectivity index (χ4v) is 3.38. The van der Waals surface area contributed by atoms with Crippen molar-refractivity contribution < 1.29 is 23.8 Å². The SMILES string of the molecule is CCOC(=O)c1ccc(NC(=O)/C(C#N)=C/c2ccc(OCc3ccccc3Cl)c(OCC)c2)cc1. The third kappa shape index (κ3) is 7.11. The van der Waals surface area contributed by atoms with Crippen molar-refractivity contribution in [3.8, 4) is 17.6 Å². The van der Waals surface area contributed by atoms with E-state index in [0.717, 1.165) is 5.56 Å². The predicted molar refractivity (Wildman–Crippen MR) is 138 cm³/mol. The van der Waals surface area contributed by atoms with E-state index < -0.39 is 11.9 Å². The number of hydrogen-bond donors (Lipinski definition) is 1. The molecular weight excluding hydrogens is 480 g/mol. The van der Waals surface area contributed by atoms with Gasteiger partial charge in [-0.3, -0.25) is 4.79 Å². The van der Waals surface area contributed by atoms with Gasteiger partial charge in [0.25, 0.3) is 5.91 Å². The molecule has 0 aliphatic rings. The summed E-state index contributed by atoms with van der Waals surface area (Å²) in [6.45, 7) is 4.51. The smallest absolute Gasteiger partial charge is 0.338 e. The van der Waals surface area contributed by atoms with E-state index in [1.54, 1.807) is 55.5 Å². The number of nitriles is 1. The van der Waals surface area contributed by atoms with Gasteiger partial charge < -0.3 is 19.5 Å². The Hall–Kier alpha value is -4.28. The van der Waals surface area contributed by atoms with Crippen molar-refractivity contribution in [1.29, 1.82) is 5.26 Å². The predicted octanol–water partition coefficient (Wildman–Crippen LogP) is 6.04. The third-order valence-corrected chi connectivity index (χ3v) is 5.31. The molecule has 0 saturated carbocycles. The molecule has 36 heavy (non-hydrogen) atoms. The minimum Gasteiger partial charge on any atom is -0.490 e. The van der Waals surface area contributed by atoms with Crippen LogP contribution in [0.2, 0.25) is 5.02 Å². The molecule has 8 heteroatoms. The summed E-state index contributed by atoms with van der Waals surface area (Å²) in [5.74, 6) is -0.0418. The Bertz CT molecular complexity index is 1300. The molecule has 0 aromatic heterocycles. The van der Waals surface area contributed by atoms with Gasteiger partial charge in [-0.05, 0) is 68.0 Å². The number of anilines is 1. The van der Waals surface area contributed by atoms with E-state index in [1.165, 1.54) is 6.08 Å². The maximum atomic E-state index is 12.7. The lowest BCUT2D eigenvalue weighted by Crippen LogP contribution is -2.13. The van der Waals surface area contributed by atoms with Crippen LogP contribution < -0.4 is 14.8 Å². The number of halogens is 1. The average Bonchev–Trinajstić information content (AvgIpc) is 2.88. The summed E-state index contributed by atoms with van der Waals surface area (Å²) in [6, 6.07) is 20.7. The van der Waals surface area contributed by atoms with Crippen molar-refractivity contribution in [3.63, 3.8) is 0 Å². The second-order valence-electron chi connectivity index (χ2n) is 7.44. The van der Waals surface area contributed by atoms with Crippen LogP contribution in [-0.4, -0.2) is 25.1 Å². The Kier molecular flexibility index (Phi) is 9.49. The fraction of sp³-hybridized carbons (Fsp3) is 0.179. The molecular formula is C28H25ClN2O5. The summed E-state index contributed by atoms with van der Waals surface area (Å²) in [5, 5.41) is 12.8. The van der Waals surface area contributed by atoms with E-state index in [4.69, 9.17) is 25.8 Å². The van der Waals surface area contributed by atoms with Crippen LogP contribution >= 0.6 is 11.6 Å². The van der Waals surface area contributed by atoms with E-state index >= 15 is 0 Å². The van der Waals surface area contributed by atoms with E-state index in [2.05, 4.69) is 5.32 Å². The summed E-state index contributed by atoms with van der Waals surface area (Å²) in [7, 11) is 0. The Morgan fingerprint density at radius 2 is 1.72 bits per heavy atom. The first-order chi connectivity index (χ1) is 17.4. The van der Waals surface area contributed by atoms with Gasteiger partial charge in [0.15, 0.2) is 11.5 Å². The Morgan fingerprint density at radius 3 is 2.39 bits per heavy atom. The molecule has 0 unspecified atom stereocenters. The van der Waals surface area contributed by atoms with Gasteiger partial charge in [-0.1, -0.05) is 35.9 Å². The van der Waals surface area contributed by atoms with E-state index in [1.807, 2.05) is 31.2 Å². The van der Waals surface area contributed by atoms with Gasteiger partial charge in [0.2, 0.25) is 0 Å². The van der Waals surface area contributed by atoms with E-state index in [-0.39, 0.29) is 18.8 Å². The van der Waals surface area contributed by atoms with Gasteiger partial charge in [0, 0.05) is 16.3 Å². The van der Waals surface area contributed by atoms with Crippen molar-refractivity contribution in [2.45, 2.75) is 20.5 Å². The van der Waals surface area contributed by atoms with Crippen molar-refractivity contribution in [2.75, 3.05) is 18.5 Å². The molecule has 0 fully saturated rings. The average molecular weight is 505 g/mol. The van der Waals surface area contributed by atoms with Crippen LogP contribution in [-0.2, 0) is 16.1 Å². The number of hydrogen-bond acceptors (Lipinski definition) is 6. The van der Waals surface area contributed by atoms with Gasteiger partial charge in [-0.2, -0.15) is 5.26 Å². The molecule has 0 spiro atoms. The largest absolute Gasteiger partial charge is 0.490 e. The Labute approximate surface area is 214 Å². The van der Waals surface area contributed by atoms with Crippen LogP contribution in [0.3, 0.4) is 0 Å². The third-order valence-electron chi connectivity index (χ3n) is 4.94. The van der Waals surface area contributed by atoms with Crippen LogP contribution in [0.5, 0.6) is 11.5 Å². The lowest BCUT2D eigenvalue weighted by atomic mass is 10.1. The Morgan fingerprint density at radius 1 is 0.972 bits per heavy atom. The zero-order chi connectivity index (χ0) is 25.9.